The molecule has 0 aromatic heterocycles. The molecule has 0 aliphatic rings. The van der Waals surface area contributed by atoms with E-state index in [0.717, 1.165) is 0 Å². The van der Waals surface area contributed by atoms with Crippen LogP contribution in [-0.2, 0) is 4.84 Å². The van der Waals surface area contributed by atoms with Crippen molar-refractivity contribution in [1.29, 1.82) is 0 Å². The Labute approximate surface area is 42.4 Å². The molecule has 0 bridgehead atoms. The highest BCUT2D eigenvalue weighted by atomic mass is 16.9. The molecule has 7 heavy (non-hydrogen) atoms. The molecule has 0 saturated heterocycles. The van der Waals surface area contributed by atoms with Crippen LogP contribution >= 0.6 is 0 Å². The zero-order valence-corrected chi connectivity index (χ0v) is 4.31. The molecule has 1 atom stereocenters. The molecule has 0 amide bonds. The van der Waals surface area contributed by atoms with E-state index in [2.05, 4.69) is 4.84 Å². The highest BCUT2D eigenvalue weighted by molar-refractivity contribution is 4.00. The van der Waals surface area contributed by atoms with Crippen LogP contribution in [-0.4, -0.2) is 13.3 Å². The van der Waals surface area contributed by atoms with Crippen molar-refractivity contribution in [2.45, 2.75) is 6.92 Å². The van der Waals surface area contributed by atoms with Crippen LogP contribution in [0.1, 0.15) is 6.92 Å². The van der Waals surface area contributed by atoms with Gasteiger partial charge in [-0.3, -0.25) is 5.73 Å². The van der Waals surface area contributed by atoms with Crippen LogP contribution in [0.25, 0.3) is 0 Å². The van der Waals surface area contributed by atoms with Gasteiger partial charge in [0.25, 0.3) is 0 Å². The third-order valence-corrected chi connectivity index (χ3v) is 0.472. The smallest absolute Gasteiger partial charge is 0.158 e. The summed E-state index contributed by atoms with van der Waals surface area (Å²) in [4.78, 5) is 4.43. The minimum absolute atomic E-state index is 0.0200. The summed E-state index contributed by atoms with van der Waals surface area (Å²) in [7, 11) is 0. The second-order valence-electron chi connectivity index (χ2n) is 1.01. The lowest BCUT2D eigenvalue weighted by atomic mass is 10.9. The van der Waals surface area contributed by atoms with Crippen LogP contribution in [0.2, 0.25) is 0 Å². The fraction of sp³-hybridized carbons (Fsp3) is 1.00. The summed E-state index contributed by atoms with van der Waals surface area (Å²) in [6.45, 7) is 2.14. The Kier molecular flexibility index (Phi) is 3.92. The van der Waals surface area contributed by atoms with E-state index in [0.29, 0.717) is 6.61 Å². The van der Waals surface area contributed by atoms with Crippen LogP contribution in [0.3, 0.4) is 0 Å². The van der Waals surface area contributed by atoms with Gasteiger partial charge in [-0.15, -0.1) is 0 Å². The molecule has 0 aromatic carbocycles. The quantitative estimate of drug-likeness (QED) is 0.331. The van der Waals surface area contributed by atoms with Gasteiger partial charge < -0.3 is 5.21 Å². The van der Waals surface area contributed by atoms with Gasteiger partial charge in [0.2, 0.25) is 0 Å². The van der Waals surface area contributed by atoms with Gasteiger partial charge >= 0.3 is 0 Å². The molecule has 0 rings (SSSR count). The standard InChI is InChI=1S/C3H10N2O2/c1-2-7-5(6)3-4/h5H,2-4H2,1H3. The minimum atomic E-state index is -0.345. The number of hydrogen-bond acceptors (Lipinski definition) is 3. The van der Waals surface area contributed by atoms with Gasteiger partial charge in [-0.25, -0.2) is 10.1 Å². The van der Waals surface area contributed by atoms with Crippen LogP contribution in [0.4, 0.5) is 0 Å². The predicted octanol–water partition coefficient (Wildman–Crippen LogP) is -1.76. The largest absolute Gasteiger partial charge is 0.599 e. The predicted molar refractivity (Wildman–Crippen MR) is 25.0 cm³/mol. The van der Waals surface area contributed by atoms with Gasteiger partial charge in [-0.1, -0.05) is 0 Å². The van der Waals surface area contributed by atoms with E-state index in [-0.39, 0.29) is 11.9 Å². The Morgan fingerprint density at radius 3 is 2.57 bits per heavy atom. The molecule has 0 saturated carbocycles. The monoisotopic (exact) mass is 106 g/mol. The maximum absolute atomic E-state index is 10.1. The van der Waals surface area contributed by atoms with Crippen LogP contribution in [0.5, 0.6) is 0 Å². The second-order valence-corrected chi connectivity index (χ2v) is 1.01. The highest BCUT2D eigenvalue weighted by Gasteiger charge is 1.85. The van der Waals surface area contributed by atoms with Crippen molar-refractivity contribution in [2.75, 3.05) is 13.3 Å². The first-order valence-corrected chi connectivity index (χ1v) is 2.17. The van der Waals surface area contributed by atoms with Crippen LogP contribution in [0.15, 0.2) is 0 Å². The SMILES string of the molecule is CCO[NH+]([O-])CN. The molecule has 0 fully saturated rings. The minimum Gasteiger partial charge on any atom is -0.599 e. The fourth-order valence-corrected chi connectivity index (χ4v) is 0.220. The maximum atomic E-state index is 10.1. The molecular weight excluding hydrogens is 96.0 g/mol. The summed E-state index contributed by atoms with van der Waals surface area (Å²) < 4.78 is 0. The Morgan fingerprint density at radius 1 is 1.86 bits per heavy atom. The number of rotatable bonds is 3. The molecule has 0 aliphatic heterocycles. The van der Waals surface area contributed by atoms with E-state index in [4.69, 9.17) is 5.73 Å². The molecule has 0 aliphatic carbocycles. The average molecular weight is 106 g/mol. The van der Waals surface area contributed by atoms with Gasteiger partial charge in [0.05, 0.1) is 0 Å². The van der Waals surface area contributed by atoms with Crippen molar-refractivity contribution in [3.05, 3.63) is 5.21 Å². The lowest BCUT2D eigenvalue weighted by Crippen LogP contribution is -3.07. The molecule has 1 unspecified atom stereocenters. The van der Waals surface area contributed by atoms with Crippen molar-refractivity contribution in [2.24, 2.45) is 5.73 Å². The first kappa shape index (κ1) is 6.84. The fourth-order valence-electron chi connectivity index (χ4n) is 0.220. The summed E-state index contributed by atoms with van der Waals surface area (Å²) in [5.74, 6) is 0. The van der Waals surface area contributed by atoms with E-state index in [9.17, 15) is 5.21 Å². The van der Waals surface area contributed by atoms with Crippen molar-refractivity contribution in [3.8, 4) is 0 Å². The van der Waals surface area contributed by atoms with Crippen LogP contribution < -0.4 is 11.0 Å². The number of hydroxylamine groups is 2. The topological polar surface area (TPSA) is 62.8 Å². The average Bonchev–Trinajstić information content (AvgIpc) is 1.68. The Morgan fingerprint density at radius 2 is 2.43 bits per heavy atom. The zero-order valence-electron chi connectivity index (χ0n) is 4.31. The van der Waals surface area contributed by atoms with Crippen LogP contribution in [0, 0.1) is 5.21 Å². The molecule has 44 valence electrons. The summed E-state index contributed by atoms with van der Waals surface area (Å²) in [5, 5.41) is 9.72. The first-order chi connectivity index (χ1) is 3.31. The number of hydrogen-bond donors (Lipinski definition) is 2. The molecule has 0 radical (unpaired) electrons. The molecule has 0 heterocycles. The van der Waals surface area contributed by atoms with Crippen molar-refractivity contribution < 1.29 is 10.1 Å². The maximum Gasteiger partial charge on any atom is 0.158 e. The second kappa shape index (κ2) is 4.01. The van der Waals surface area contributed by atoms with Gasteiger partial charge in [0.1, 0.15) is 6.61 Å². The molecule has 0 spiro atoms. The van der Waals surface area contributed by atoms with E-state index >= 15 is 0 Å². The summed E-state index contributed by atoms with van der Waals surface area (Å²) in [6.07, 6.45) is 0. The van der Waals surface area contributed by atoms with E-state index in [1.54, 1.807) is 6.92 Å². The molecule has 4 nitrogen and oxygen atoms in total. The molecule has 4 heteroatoms. The highest BCUT2D eigenvalue weighted by Crippen LogP contribution is 1.49. The molecule has 0 aromatic rings. The third-order valence-electron chi connectivity index (χ3n) is 0.472. The van der Waals surface area contributed by atoms with Crippen molar-refractivity contribution >= 4 is 0 Å². The summed E-state index contributed by atoms with van der Waals surface area (Å²) in [5.41, 5.74) is 4.88. The van der Waals surface area contributed by atoms with Crippen molar-refractivity contribution in [3.63, 3.8) is 0 Å². The Balaban J connectivity index is 2.83. The number of quaternary nitrogens is 1. The normalized spacial score (nSPS) is 14.1. The Hall–Kier alpha value is -0.160. The lowest BCUT2D eigenvalue weighted by molar-refractivity contribution is -1.05. The van der Waals surface area contributed by atoms with E-state index in [1.165, 1.54) is 0 Å². The van der Waals surface area contributed by atoms with Gasteiger partial charge in [-0.2, -0.15) is 0 Å². The first-order valence-electron chi connectivity index (χ1n) is 2.17. The van der Waals surface area contributed by atoms with E-state index in [1.807, 2.05) is 0 Å². The number of nitrogens with two attached hydrogens (primary N) is 1. The lowest BCUT2D eigenvalue weighted by Gasteiger charge is -2.15. The molecular formula is C3H10N2O2. The summed E-state index contributed by atoms with van der Waals surface area (Å²) in [6, 6.07) is 0. The summed E-state index contributed by atoms with van der Waals surface area (Å²) >= 11 is 0. The van der Waals surface area contributed by atoms with Gasteiger partial charge in [-0.05, 0) is 6.92 Å². The van der Waals surface area contributed by atoms with Gasteiger partial charge in [0, 0.05) is 0 Å². The van der Waals surface area contributed by atoms with Gasteiger partial charge in [0.15, 0.2) is 6.67 Å². The van der Waals surface area contributed by atoms with E-state index < -0.39 is 0 Å². The van der Waals surface area contributed by atoms with Crippen molar-refractivity contribution in [1.82, 2.24) is 0 Å². The third kappa shape index (κ3) is 3.68. The number of nitrogens with one attached hydrogen (secondary N) is 1. The zero-order chi connectivity index (χ0) is 5.70. The Bertz CT molecular complexity index is 41.9. The molecule has 3 N–H and O–H groups in total.